The van der Waals surface area contributed by atoms with Crippen LogP contribution in [0.25, 0.3) is 0 Å². The molecule has 3 N–H and O–H groups in total. The molecule has 0 amide bonds. The maximum atomic E-state index is 10.6. The number of aryl methyl sites for hydroxylation is 2. The van der Waals surface area contributed by atoms with Crippen LogP contribution in [-0.4, -0.2) is 36.0 Å². The fraction of sp³-hybridized carbons (Fsp3) is 0.625. The first-order valence-corrected chi connectivity index (χ1v) is 7.15. The van der Waals surface area contributed by atoms with Crippen LogP contribution >= 0.6 is 0 Å². The van der Waals surface area contributed by atoms with Gasteiger partial charge < -0.3 is 20.3 Å². The van der Waals surface area contributed by atoms with Gasteiger partial charge in [-0.3, -0.25) is 0 Å². The SMILES string of the molecule is CCC(NCC(C)O)C(O)c1cc(C)cc(C)c1OC. The summed E-state index contributed by atoms with van der Waals surface area (Å²) in [6.45, 7) is 8.18. The zero-order valence-corrected chi connectivity index (χ0v) is 13.1. The van der Waals surface area contributed by atoms with Crippen molar-refractivity contribution in [2.24, 2.45) is 0 Å². The first kappa shape index (κ1) is 17.0. The highest BCUT2D eigenvalue weighted by Crippen LogP contribution is 2.32. The molecule has 114 valence electrons. The first-order valence-electron chi connectivity index (χ1n) is 7.15. The number of aliphatic hydroxyl groups is 2. The van der Waals surface area contributed by atoms with Crippen molar-refractivity contribution >= 4 is 0 Å². The molecule has 1 aromatic carbocycles. The number of hydrogen-bond donors (Lipinski definition) is 3. The standard InChI is InChI=1S/C16H27NO3/c1-6-14(17-9-12(4)18)15(19)13-8-10(2)7-11(3)16(13)20-5/h7-8,12,14-15,17-19H,6,9H2,1-5H3. The number of hydrogen-bond acceptors (Lipinski definition) is 4. The Labute approximate surface area is 121 Å². The van der Waals surface area contributed by atoms with Crippen LogP contribution in [-0.2, 0) is 0 Å². The molecule has 0 saturated carbocycles. The molecule has 3 atom stereocenters. The minimum absolute atomic E-state index is 0.111. The Hall–Kier alpha value is -1.10. The second-order valence-electron chi connectivity index (χ2n) is 5.42. The predicted octanol–water partition coefficient (Wildman–Crippen LogP) is 2.09. The monoisotopic (exact) mass is 281 g/mol. The zero-order chi connectivity index (χ0) is 15.3. The fourth-order valence-corrected chi connectivity index (χ4v) is 2.50. The highest BCUT2D eigenvalue weighted by atomic mass is 16.5. The number of methoxy groups -OCH3 is 1. The summed E-state index contributed by atoms with van der Waals surface area (Å²) in [5, 5.41) is 23.2. The normalized spacial score (nSPS) is 15.8. The van der Waals surface area contributed by atoms with Gasteiger partial charge in [0.1, 0.15) is 5.75 Å². The van der Waals surface area contributed by atoms with E-state index in [1.54, 1.807) is 14.0 Å². The van der Waals surface area contributed by atoms with Crippen molar-refractivity contribution in [3.8, 4) is 5.75 Å². The summed E-state index contributed by atoms with van der Waals surface area (Å²) in [6, 6.07) is 3.89. The van der Waals surface area contributed by atoms with Crippen molar-refractivity contribution in [3.05, 3.63) is 28.8 Å². The van der Waals surface area contributed by atoms with E-state index in [0.29, 0.717) is 6.54 Å². The van der Waals surface area contributed by atoms with Gasteiger partial charge in [-0.1, -0.05) is 18.6 Å². The molecule has 4 nitrogen and oxygen atoms in total. The van der Waals surface area contributed by atoms with Crippen LogP contribution in [0, 0.1) is 13.8 Å². The third-order valence-corrected chi connectivity index (χ3v) is 3.47. The summed E-state index contributed by atoms with van der Waals surface area (Å²) in [5.74, 6) is 0.736. The molecule has 0 aromatic heterocycles. The van der Waals surface area contributed by atoms with Gasteiger partial charge in [0.15, 0.2) is 0 Å². The van der Waals surface area contributed by atoms with Crippen LogP contribution in [0.5, 0.6) is 5.75 Å². The van der Waals surface area contributed by atoms with E-state index in [1.807, 2.05) is 32.9 Å². The lowest BCUT2D eigenvalue weighted by Gasteiger charge is -2.26. The van der Waals surface area contributed by atoms with Gasteiger partial charge in [0.25, 0.3) is 0 Å². The van der Waals surface area contributed by atoms with Crippen molar-refractivity contribution in [2.45, 2.75) is 52.4 Å². The second-order valence-corrected chi connectivity index (χ2v) is 5.42. The number of benzene rings is 1. The van der Waals surface area contributed by atoms with E-state index < -0.39 is 12.2 Å². The molecule has 0 fully saturated rings. The molecule has 0 bridgehead atoms. The van der Waals surface area contributed by atoms with Crippen LogP contribution in [0.1, 0.15) is 43.1 Å². The topological polar surface area (TPSA) is 61.7 Å². The van der Waals surface area contributed by atoms with E-state index in [2.05, 4.69) is 5.32 Å². The molecule has 1 aromatic rings. The number of rotatable bonds is 7. The molecule has 0 radical (unpaired) electrons. The van der Waals surface area contributed by atoms with Crippen molar-refractivity contribution in [1.29, 1.82) is 0 Å². The molecule has 20 heavy (non-hydrogen) atoms. The third kappa shape index (κ3) is 4.20. The van der Waals surface area contributed by atoms with Crippen molar-refractivity contribution < 1.29 is 14.9 Å². The molecule has 0 saturated heterocycles. The Balaban J connectivity index is 3.02. The maximum absolute atomic E-state index is 10.6. The van der Waals surface area contributed by atoms with Gasteiger partial charge >= 0.3 is 0 Å². The molecule has 0 aliphatic rings. The Bertz CT molecular complexity index is 432. The van der Waals surface area contributed by atoms with E-state index in [0.717, 1.165) is 28.9 Å². The summed E-state index contributed by atoms with van der Waals surface area (Å²) >= 11 is 0. The van der Waals surface area contributed by atoms with Crippen molar-refractivity contribution in [2.75, 3.05) is 13.7 Å². The molecule has 0 spiro atoms. The van der Waals surface area contributed by atoms with Gasteiger partial charge in [0.05, 0.1) is 19.3 Å². The fourth-order valence-electron chi connectivity index (χ4n) is 2.50. The van der Waals surface area contributed by atoms with E-state index in [9.17, 15) is 10.2 Å². The summed E-state index contributed by atoms with van der Waals surface area (Å²) < 4.78 is 5.44. The number of nitrogens with one attached hydrogen (secondary N) is 1. The summed E-state index contributed by atoms with van der Waals surface area (Å²) in [7, 11) is 1.62. The van der Waals surface area contributed by atoms with Crippen LogP contribution < -0.4 is 10.1 Å². The molecular formula is C16H27NO3. The van der Waals surface area contributed by atoms with E-state index in [-0.39, 0.29) is 6.04 Å². The highest BCUT2D eigenvalue weighted by Gasteiger charge is 2.23. The Morgan fingerprint density at radius 1 is 1.25 bits per heavy atom. The molecule has 0 aliphatic heterocycles. The lowest BCUT2D eigenvalue weighted by Crippen LogP contribution is -2.38. The maximum Gasteiger partial charge on any atom is 0.127 e. The van der Waals surface area contributed by atoms with E-state index in [4.69, 9.17) is 4.74 Å². The van der Waals surface area contributed by atoms with Crippen LogP contribution in [0.4, 0.5) is 0 Å². The van der Waals surface area contributed by atoms with Gasteiger partial charge in [-0.25, -0.2) is 0 Å². The van der Waals surface area contributed by atoms with Gasteiger partial charge in [0.2, 0.25) is 0 Å². The molecular weight excluding hydrogens is 254 g/mol. The molecule has 0 heterocycles. The van der Waals surface area contributed by atoms with Gasteiger partial charge in [-0.15, -0.1) is 0 Å². The van der Waals surface area contributed by atoms with E-state index in [1.165, 1.54) is 0 Å². The van der Waals surface area contributed by atoms with Crippen LogP contribution in [0.2, 0.25) is 0 Å². The highest BCUT2D eigenvalue weighted by molar-refractivity contribution is 5.45. The number of ether oxygens (including phenoxy) is 1. The van der Waals surface area contributed by atoms with Gasteiger partial charge in [0, 0.05) is 18.2 Å². The smallest absolute Gasteiger partial charge is 0.127 e. The van der Waals surface area contributed by atoms with Crippen LogP contribution in [0.15, 0.2) is 12.1 Å². The average Bonchev–Trinajstić information content (AvgIpc) is 2.38. The summed E-state index contributed by atoms with van der Waals surface area (Å²) in [5.41, 5.74) is 2.92. The van der Waals surface area contributed by atoms with Crippen molar-refractivity contribution in [1.82, 2.24) is 5.32 Å². The average molecular weight is 281 g/mol. The summed E-state index contributed by atoms with van der Waals surface area (Å²) in [4.78, 5) is 0. The number of aliphatic hydroxyl groups excluding tert-OH is 2. The zero-order valence-electron chi connectivity index (χ0n) is 13.1. The first-order chi connectivity index (χ1) is 9.40. The molecule has 0 aliphatic carbocycles. The summed E-state index contributed by atoms with van der Waals surface area (Å²) in [6.07, 6.45) is -0.325. The van der Waals surface area contributed by atoms with Crippen molar-refractivity contribution in [3.63, 3.8) is 0 Å². The quantitative estimate of drug-likeness (QED) is 0.716. The Morgan fingerprint density at radius 3 is 2.40 bits per heavy atom. The minimum atomic E-state index is -0.660. The second kappa shape index (κ2) is 7.62. The lowest BCUT2D eigenvalue weighted by atomic mass is 9.95. The minimum Gasteiger partial charge on any atom is -0.496 e. The predicted molar refractivity (Wildman–Crippen MR) is 81.2 cm³/mol. The Kier molecular flexibility index (Phi) is 6.46. The largest absolute Gasteiger partial charge is 0.496 e. The van der Waals surface area contributed by atoms with E-state index >= 15 is 0 Å². The van der Waals surface area contributed by atoms with Gasteiger partial charge in [-0.2, -0.15) is 0 Å². The molecule has 4 heteroatoms. The Morgan fingerprint density at radius 2 is 1.90 bits per heavy atom. The van der Waals surface area contributed by atoms with Gasteiger partial charge in [-0.05, 0) is 38.8 Å². The lowest BCUT2D eigenvalue weighted by molar-refractivity contribution is 0.109. The molecule has 3 unspecified atom stereocenters. The third-order valence-electron chi connectivity index (χ3n) is 3.47. The van der Waals surface area contributed by atoms with Crippen LogP contribution in [0.3, 0.4) is 0 Å². The molecule has 1 rings (SSSR count).